The first-order valence-electron chi connectivity index (χ1n) is 6.69. The third-order valence-corrected chi connectivity index (χ3v) is 5.91. The number of amides is 1. The molecule has 0 bridgehead atoms. The molecule has 2 aliphatic heterocycles. The molecule has 0 atom stereocenters. The number of anilines is 1. The van der Waals surface area contributed by atoms with Crippen LogP contribution in [0.5, 0.6) is 0 Å². The normalized spacial score (nSPS) is 21.1. The van der Waals surface area contributed by atoms with Crippen LogP contribution in [-0.4, -0.2) is 28.7 Å². The number of fused-ring (bicyclic) bond motifs is 1. The number of para-hydroxylation sites is 1. The van der Waals surface area contributed by atoms with Gasteiger partial charge in [-0.3, -0.25) is 9.69 Å². The Morgan fingerprint density at radius 2 is 2.05 bits per heavy atom. The molecule has 1 aromatic rings. The quantitative estimate of drug-likeness (QED) is 0.468. The highest BCUT2D eigenvalue weighted by Crippen LogP contribution is 2.44. The van der Waals surface area contributed by atoms with E-state index in [0.717, 1.165) is 5.03 Å². The van der Waals surface area contributed by atoms with Crippen molar-refractivity contribution in [3.05, 3.63) is 59.0 Å². The fourth-order valence-electron chi connectivity index (χ4n) is 2.21. The maximum Gasteiger partial charge on any atom is 0.266 e. The maximum atomic E-state index is 12.3. The molecule has 0 aromatic heterocycles. The van der Waals surface area contributed by atoms with E-state index in [1.54, 1.807) is 22.7 Å². The first-order chi connectivity index (χ1) is 10.6. The number of carbonyl (C=O) groups excluding carboxylic acids is 1. The lowest BCUT2D eigenvalue weighted by Crippen LogP contribution is -2.27. The number of benzene rings is 1. The molecule has 2 heterocycles. The lowest BCUT2D eigenvalue weighted by Gasteiger charge is -2.12. The van der Waals surface area contributed by atoms with E-state index >= 15 is 0 Å². The zero-order valence-corrected chi connectivity index (χ0v) is 14.4. The van der Waals surface area contributed by atoms with Crippen LogP contribution in [0.25, 0.3) is 0 Å². The number of allylic oxidation sites excluding steroid dienone is 2. The number of hydrogen-bond donors (Lipinski definition) is 0. The zero-order valence-electron chi connectivity index (χ0n) is 12.0. The molecule has 1 aromatic carbocycles. The molecule has 3 rings (SSSR count). The van der Waals surface area contributed by atoms with E-state index in [-0.39, 0.29) is 5.91 Å². The molecule has 6 heteroatoms. The van der Waals surface area contributed by atoms with Crippen LogP contribution in [-0.2, 0) is 4.79 Å². The van der Waals surface area contributed by atoms with Crippen molar-refractivity contribution < 1.29 is 4.79 Å². The van der Waals surface area contributed by atoms with Gasteiger partial charge < -0.3 is 4.90 Å². The maximum absolute atomic E-state index is 12.3. The molecule has 3 nitrogen and oxygen atoms in total. The van der Waals surface area contributed by atoms with Gasteiger partial charge in [-0.2, -0.15) is 0 Å². The van der Waals surface area contributed by atoms with Gasteiger partial charge in [0.05, 0.1) is 15.6 Å². The van der Waals surface area contributed by atoms with Crippen molar-refractivity contribution >= 4 is 51.7 Å². The molecule has 1 saturated heterocycles. The molecule has 0 radical (unpaired) electrons. The van der Waals surface area contributed by atoms with Gasteiger partial charge in [-0.25, -0.2) is 0 Å². The zero-order chi connectivity index (χ0) is 15.7. The topological polar surface area (TPSA) is 23.6 Å². The number of thioether (sulfide) groups is 2. The average molecular weight is 347 g/mol. The summed E-state index contributed by atoms with van der Waals surface area (Å²) in [5.74, 6) is -0.0464. The van der Waals surface area contributed by atoms with E-state index in [2.05, 4.69) is 23.6 Å². The Labute approximate surface area is 143 Å². The van der Waals surface area contributed by atoms with Gasteiger partial charge >= 0.3 is 0 Å². The van der Waals surface area contributed by atoms with Crippen molar-refractivity contribution in [3.63, 3.8) is 0 Å². The number of carbonyl (C=O) groups is 1. The summed E-state index contributed by atoms with van der Waals surface area (Å²) < 4.78 is 0.588. The number of rotatable bonds is 3. The third kappa shape index (κ3) is 2.74. The van der Waals surface area contributed by atoms with Gasteiger partial charge in [-0.15, -0.1) is 6.58 Å². The first-order valence-corrected chi connectivity index (χ1v) is 8.73. The van der Waals surface area contributed by atoms with Crippen LogP contribution in [0, 0.1) is 0 Å². The summed E-state index contributed by atoms with van der Waals surface area (Å²) in [6.45, 7) is 4.11. The Balaban J connectivity index is 1.82. The van der Waals surface area contributed by atoms with E-state index in [1.165, 1.54) is 22.3 Å². The molecule has 0 saturated carbocycles. The van der Waals surface area contributed by atoms with Crippen molar-refractivity contribution in [1.29, 1.82) is 0 Å². The standard InChI is InChI=1S/C16H14N2OS3/c1-3-10-18-15(19)13(22-16(18)20)8-9-14-17(2)11-6-4-5-7-12(11)21-14/h3-9H,1,10H2,2H3/b13-8-,14-9-. The van der Waals surface area contributed by atoms with Crippen molar-refractivity contribution in [2.75, 3.05) is 18.5 Å². The van der Waals surface area contributed by atoms with Gasteiger partial charge in [-0.05, 0) is 24.3 Å². The molecule has 2 aliphatic rings. The van der Waals surface area contributed by atoms with Crippen molar-refractivity contribution in [2.24, 2.45) is 0 Å². The molecule has 112 valence electrons. The van der Waals surface area contributed by atoms with Gasteiger partial charge in [0, 0.05) is 18.5 Å². The van der Waals surface area contributed by atoms with Crippen LogP contribution in [0.15, 0.2) is 63.9 Å². The van der Waals surface area contributed by atoms with E-state index in [1.807, 2.05) is 31.3 Å². The lowest BCUT2D eigenvalue weighted by molar-refractivity contribution is -0.121. The molecular weight excluding hydrogens is 332 g/mol. The number of hydrogen-bond acceptors (Lipinski definition) is 5. The fourth-order valence-corrected chi connectivity index (χ4v) is 4.48. The minimum atomic E-state index is -0.0464. The Morgan fingerprint density at radius 3 is 2.77 bits per heavy atom. The molecule has 0 unspecified atom stereocenters. The fraction of sp³-hybridized carbons (Fsp3) is 0.125. The summed E-state index contributed by atoms with van der Waals surface area (Å²) in [4.78, 5) is 17.8. The van der Waals surface area contributed by atoms with Crippen LogP contribution in [0.3, 0.4) is 0 Å². The Bertz CT molecular complexity index is 724. The second-order valence-electron chi connectivity index (χ2n) is 4.74. The van der Waals surface area contributed by atoms with Crippen molar-refractivity contribution in [2.45, 2.75) is 4.90 Å². The SMILES string of the molecule is C=CCN1C(=O)/C(=C/C=C2\Sc3ccccc3N2C)SC1=S. The van der Waals surface area contributed by atoms with Gasteiger partial charge in [0.2, 0.25) is 0 Å². The van der Waals surface area contributed by atoms with Gasteiger partial charge in [0.25, 0.3) is 5.91 Å². The Morgan fingerprint density at radius 1 is 1.27 bits per heavy atom. The summed E-state index contributed by atoms with van der Waals surface area (Å²) in [6, 6.07) is 8.25. The highest BCUT2D eigenvalue weighted by molar-refractivity contribution is 8.26. The minimum Gasteiger partial charge on any atom is -0.338 e. The largest absolute Gasteiger partial charge is 0.338 e. The summed E-state index contributed by atoms with van der Waals surface area (Å²) in [5.41, 5.74) is 1.19. The molecule has 0 N–H and O–H groups in total. The number of nitrogens with zero attached hydrogens (tertiary/aromatic N) is 2. The summed E-state index contributed by atoms with van der Waals surface area (Å²) in [6.07, 6.45) is 5.52. The smallest absolute Gasteiger partial charge is 0.266 e. The van der Waals surface area contributed by atoms with Crippen LogP contribution < -0.4 is 4.90 Å². The first kappa shape index (κ1) is 15.4. The molecule has 0 spiro atoms. The van der Waals surface area contributed by atoms with Gasteiger partial charge in [0.15, 0.2) is 0 Å². The Hall–Kier alpha value is -1.50. The summed E-state index contributed by atoms with van der Waals surface area (Å²) in [5, 5.41) is 1.09. The van der Waals surface area contributed by atoms with E-state index < -0.39 is 0 Å². The van der Waals surface area contributed by atoms with Gasteiger partial charge in [-0.1, -0.05) is 54.0 Å². The average Bonchev–Trinajstić information content (AvgIpc) is 2.98. The predicted octanol–water partition coefficient (Wildman–Crippen LogP) is 4.00. The molecule has 22 heavy (non-hydrogen) atoms. The second kappa shape index (κ2) is 6.32. The second-order valence-corrected chi connectivity index (χ2v) is 7.48. The van der Waals surface area contributed by atoms with E-state index in [0.29, 0.717) is 15.8 Å². The third-order valence-electron chi connectivity index (χ3n) is 3.33. The highest BCUT2D eigenvalue weighted by atomic mass is 32.2. The van der Waals surface area contributed by atoms with Crippen LogP contribution in [0.2, 0.25) is 0 Å². The summed E-state index contributed by atoms with van der Waals surface area (Å²) in [7, 11) is 2.03. The van der Waals surface area contributed by atoms with E-state index in [9.17, 15) is 4.79 Å². The summed E-state index contributed by atoms with van der Waals surface area (Å²) >= 11 is 8.27. The van der Waals surface area contributed by atoms with Crippen LogP contribution in [0.4, 0.5) is 5.69 Å². The molecule has 1 amide bonds. The van der Waals surface area contributed by atoms with Crippen molar-refractivity contribution in [1.82, 2.24) is 4.90 Å². The molecule has 1 fully saturated rings. The monoisotopic (exact) mass is 346 g/mol. The minimum absolute atomic E-state index is 0.0464. The predicted molar refractivity (Wildman–Crippen MR) is 99.0 cm³/mol. The van der Waals surface area contributed by atoms with Crippen LogP contribution in [0.1, 0.15) is 0 Å². The van der Waals surface area contributed by atoms with Crippen LogP contribution >= 0.6 is 35.7 Å². The van der Waals surface area contributed by atoms with Crippen molar-refractivity contribution in [3.8, 4) is 0 Å². The van der Waals surface area contributed by atoms with E-state index in [4.69, 9.17) is 12.2 Å². The lowest BCUT2D eigenvalue weighted by atomic mass is 10.3. The molecule has 0 aliphatic carbocycles. The highest BCUT2D eigenvalue weighted by Gasteiger charge is 2.30. The van der Waals surface area contributed by atoms with Gasteiger partial charge in [0.1, 0.15) is 4.32 Å². The Kier molecular flexibility index (Phi) is 4.42. The number of thiocarbonyl (C=S) groups is 1. The molecular formula is C16H14N2OS3.